The van der Waals surface area contributed by atoms with Crippen molar-refractivity contribution in [2.75, 3.05) is 0 Å². The molecule has 0 aliphatic heterocycles. The topological polar surface area (TPSA) is 56.7 Å². The van der Waals surface area contributed by atoms with Crippen molar-refractivity contribution in [3.8, 4) is 44.9 Å². The first-order valence-corrected chi connectivity index (χ1v) is 27.6. The van der Waals surface area contributed by atoms with E-state index in [2.05, 4.69) is 166 Å². The predicted octanol–water partition coefficient (Wildman–Crippen LogP) is 16.0. The average molecular weight is 1120 g/mol. The summed E-state index contributed by atoms with van der Waals surface area (Å²) in [4.78, 5) is 14.6. The summed E-state index contributed by atoms with van der Waals surface area (Å²) in [7, 11) is -1.64. The Hall–Kier alpha value is -7.02. The molecule has 7 aromatic carbocycles. The number of furan rings is 1. The molecule has 5 nitrogen and oxygen atoms in total. The summed E-state index contributed by atoms with van der Waals surface area (Å²) in [6.45, 7) is 18.4. The molecule has 0 aliphatic rings. The Bertz CT molecular complexity index is 3610. The van der Waals surface area contributed by atoms with Gasteiger partial charge in [-0.15, -0.1) is 54.1 Å². The summed E-state index contributed by atoms with van der Waals surface area (Å²) in [6.07, 6.45) is 1.99. The monoisotopic (exact) mass is 1120 g/mol. The summed E-state index contributed by atoms with van der Waals surface area (Å²) < 4.78 is 18.0. The Morgan fingerprint density at radius 3 is 1.96 bits per heavy atom. The van der Waals surface area contributed by atoms with Crippen LogP contribution in [0.3, 0.4) is 0 Å². The Morgan fingerprint density at radius 2 is 1.32 bits per heavy atom. The molecule has 355 valence electrons. The molecule has 0 saturated heterocycles. The van der Waals surface area contributed by atoms with Crippen LogP contribution >= 0.6 is 0 Å². The third kappa shape index (κ3) is 10.1. The van der Waals surface area contributed by atoms with Gasteiger partial charge in [-0.05, 0) is 92.0 Å². The number of imidazole rings is 1. The molecule has 71 heavy (non-hydrogen) atoms. The van der Waals surface area contributed by atoms with Gasteiger partial charge in [0, 0.05) is 51.2 Å². The van der Waals surface area contributed by atoms with Gasteiger partial charge in [0.15, 0.2) is 0 Å². The van der Waals surface area contributed by atoms with Gasteiger partial charge >= 0.3 is 0 Å². The van der Waals surface area contributed by atoms with Crippen LogP contribution in [-0.4, -0.2) is 27.6 Å². The van der Waals surface area contributed by atoms with Gasteiger partial charge in [0.1, 0.15) is 0 Å². The number of rotatable bonds is 9. The summed E-state index contributed by atoms with van der Waals surface area (Å²) in [5, 5.41) is 3.25. The summed E-state index contributed by atoms with van der Waals surface area (Å²) in [5.41, 5.74) is 16.4. The van der Waals surface area contributed by atoms with Crippen LogP contribution in [0.2, 0.25) is 19.6 Å². The fourth-order valence-electron chi connectivity index (χ4n) is 9.40. The predicted molar refractivity (Wildman–Crippen MR) is 294 cm³/mol. The number of pyridine rings is 2. The average Bonchev–Trinajstić information content (AvgIpc) is 3.94. The first-order valence-electron chi connectivity index (χ1n) is 24.6. The number of benzene rings is 7. The molecule has 0 aliphatic carbocycles. The number of fused-ring (bicyclic) bond motifs is 4. The minimum Gasteiger partial charge on any atom is -0.486 e. The number of nitrogens with zero attached hydrogens (tertiary/aromatic N) is 4. The number of aromatic nitrogens is 4. The van der Waals surface area contributed by atoms with Gasteiger partial charge in [-0.25, -0.2) is 4.98 Å². The first kappa shape index (κ1) is 47.6. The maximum atomic E-state index is 9.17. The minimum absolute atomic E-state index is 0. The number of aryl methyl sites for hydroxylation is 1. The molecule has 1 radical (unpaired) electrons. The van der Waals surface area contributed by atoms with Gasteiger partial charge in [0.05, 0.1) is 30.5 Å². The minimum atomic E-state index is -1.64. The van der Waals surface area contributed by atoms with Crippen LogP contribution < -0.4 is 5.19 Å². The SMILES string of the molecule is Cc1ccc2c(n1)oc1c(-c3nc4ccccc4n3Cc3c(-c4ccccc4)cc(C(C)(C)C)cc3-c3ccccc3)[c-]ccc12.[2H]C(C)(c1ccccc1)c1cc(-c2[c-]cccc2)ncc1[Si](C)(C)C.[Ir]. The number of hydrogen-bond donors (Lipinski definition) is 0. The van der Waals surface area contributed by atoms with Gasteiger partial charge in [-0.2, -0.15) is 0 Å². The first-order chi connectivity index (χ1) is 34.1. The maximum absolute atomic E-state index is 9.17. The van der Waals surface area contributed by atoms with E-state index >= 15 is 0 Å². The molecule has 4 heterocycles. The molecule has 0 N–H and O–H groups in total. The van der Waals surface area contributed by atoms with Crippen molar-refractivity contribution < 1.29 is 25.9 Å². The van der Waals surface area contributed by atoms with Gasteiger partial charge in [0.2, 0.25) is 5.71 Å². The van der Waals surface area contributed by atoms with Crippen molar-refractivity contribution >= 4 is 46.4 Å². The largest absolute Gasteiger partial charge is 0.486 e. The normalized spacial score (nSPS) is 12.8. The molecule has 0 fully saturated rings. The maximum Gasteiger partial charge on any atom is 0.216 e. The van der Waals surface area contributed by atoms with Gasteiger partial charge in [-0.3, -0.25) is 4.98 Å². The van der Waals surface area contributed by atoms with Crippen LogP contribution in [0.4, 0.5) is 0 Å². The van der Waals surface area contributed by atoms with Crippen molar-refractivity contribution in [2.45, 2.75) is 72.1 Å². The Balaban J connectivity index is 0.000000209. The van der Waals surface area contributed by atoms with Crippen molar-refractivity contribution in [3.63, 3.8) is 0 Å². The van der Waals surface area contributed by atoms with E-state index in [0.717, 1.165) is 66.9 Å². The third-order valence-electron chi connectivity index (χ3n) is 13.2. The van der Waals surface area contributed by atoms with Crippen LogP contribution in [0.5, 0.6) is 0 Å². The Labute approximate surface area is 434 Å². The number of hydrogen-bond acceptors (Lipinski definition) is 4. The van der Waals surface area contributed by atoms with Crippen LogP contribution in [0.1, 0.15) is 62.9 Å². The summed E-state index contributed by atoms with van der Waals surface area (Å²) >= 11 is 0. The van der Waals surface area contributed by atoms with Crippen LogP contribution in [-0.2, 0) is 32.1 Å². The van der Waals surface area contributed by atoms with E-state index in [9.17, 15) is 1.37 Å². The fraction of sp³-hybridized carbons (Fsp3) is 0.172. The second kappa shape index (κ2) is 20.4. The molecule has 0 amide bonds. The van der Waals surface area contributed by atoms with Crippen LogP contribution in [0.25, 0.3) is 78.0 Å². The Kier molecular flexibility index (Phi) is 13.7. The van der Waals surface area contributed by atoms with E-state index in [1.54, 1.807) is 0 Å². The standard InChI is InChI=1S/C42H34N3O.C22H24NSi.Ir/c1-27-22-23-32-31-18-13-19-33(39(31)46-41(32)43-27)40-44-37-20-11-12-21-38(37)45(40)26-36-34(28-14-7-5-8-15-28)24-30(42(2,3)4)25-35(36)29-16-9-6-10-17-29;1-17(18-11-7-5-8-12-18)20-15-21(19-13-9-6-10-14-19)23-16-22(20)24(2,3)4;/h5-18,20-25H,26H2,1-4H3;5-13,15-17H,1-4H3;/q2*-1;/i;17D;. The molecule has 7 heteroatoms. The zero-order chi connectivity index (χ0) is 49.5. The molecule has 11 rings (SSSR count). The molecule has 0 spiro atoms. The second-order valence-electron chi connectivity index (χ2n) is 20.2. The van der Waals surface area contributed by atoms with Crippen LogP contribution in [0.15, 0.2) is 193 Å². The van der Waals surface area contributed by atoms with Crippen molar-refractivity contribution in [2.24, 2.45) is 0 Å². The third-order valence-corrected chi connectivity index (χ3v) is 15.2. The van der Waals surface area contributed by atoms with Crippen molar-refractivity contribution in [1.82, 2.24) is 19.5 Å². The number of para-hydroxylation sites is 2. The molecule has 0 bridgehead atoms. The molecule has 1 atom stereocenters. The van der Waals surface area contributed by atoms with Crippen molar-refractivity contribution in [3.05, 3.63) is 228 Å². The molecular formula is C64H58IrN4OSi-2. The fourth-order valence-corrected chi connectivity index (χ4v) is 10.9. The quantitative estimate of drug-likeness (QED) is 0.107. The van der Waals surface area contributed by atoms with E-state index in [1.165, 1.54) is 38.6 Å². The zero-order valence-corrected chi connectivity index (χ0v) is 45.0. The summed E-state index contributed by atoms with van der Waals surface area (Å²) in [5.74, 6) is 0.00378. The zero-order valence-electron chi connectivity index (χ0n) is 42.6. The van der Waals surface area contributed by atoms with Gasteiger partial charge in [-0.1, -0.05) is 180 Å². The molecule has 0 saturated carbocycles. The molecule has 4 aromatic heterocycles. The van der Waals surface area contributed by atoms with Gasteiger partial charge < -0.3 is 14.0 Å². The molecular weight excluding hydrogens is 1060 g/mol. The second-order valence-corrected chi connectivity index (χ2v) is 25.2. The van der Waals surface area contributed by atoms with E-state index < -0.39 is 14.0 Å². The van der Waals surface area contributed by atoms with Gasteiger partial charge in [0.25, 0.3) is 0 Å². The Morgan fingerprint density at radius 1 is 0.690 bits per heavy atom. The van der Waals surface area contributed by atoms with E-state index in [1.807, 2.05) is 92.8 Å². The van der Waals surface area contributed by atoms with E-state index in [4.69, 9.17) is 19.4 Å². The van der Waals surface area contributed by atoms with Crippen LogP contribution in [0, 0.1) is 19.1 Å². The smallest absolute Gasteiger partial charge is 0.216 e. The molecule has 11 aromatic rings. The van der Waals surface area contributed by atoms with Crippen molar-refractivity contribution in [1.29, 1.82) is 0 Å². The van der Waals surface area contributed by atoms with E-state index in [-0.39, 0.29) is 25.5 Å². The van der Waals surface area contributed by atoms with E-state index in [0.29, 0.717) is 12.3 Å². The summed E-state index contributed by atoms with van der Waals surface area (Å²) in [6, 6.07) is 69.6. The molecule has 1 unspecified atom stereocenters.